The molecule has 1 aliphatic rings. The minimum atomic E-state index is 0.960. The number of nitrogens with one attached hydrogen (secondary N) is 1. The Balaban J connectivity index is 2.34. The zero-order valence-corrected chi connectivity index (χ0v) is 5.85. The summed E-state index contributed by atoms with van der Waals surface area (Å²) in [6, 6.07) is 0. The molecule has 51 valence electrons. The van der Waals surface area contributed by atoms with Crippen LogP contribution in [-0.2, 0) is 0 Å². The highest BCUT2D eigenvalue weighted by atomic mass is 15.3. The molecular formula is C7H13N2. The SMILES string of the molecule is [CH2]CCN1CNC=C1C. The van der Waals surface area contributed by atoms with Gasteiger partial charge in [0.15, 0.2) is 0 Å². The highest BCUT2D eigenvalue weighted by Crippen LogP contribution is 2.05. The third-order valence-electron chi connectivity index (χ3n) is 1.52. The monoisotopic (exact) mass is 125 g/mol. The fraction of sp³-hybridized carbons (Fsp3) is 0.571. The average Bonchev–Trinajstić information content (AvgIpc) is 2.18. The van der Waals surface area contributed by atoms with Crippen molar-refractivity contribution in [1.82, 2.24) is 10.2 Å². The van der Waals surface area contributed by atoms with Crippen molar-refractivity contribution in [2.24, 2.45) is 0 Å². The second-order valence-electron chi connectivity index (χ2n) is 2.26. The Bertz CT molecular complexity index is 118. The number of allylic oxidation sites excluding steroid dienone is 1. The fourth-order valence-corrected chi connectivity index (χ4v) is 0.966. The lowest BCUT2D eigenvalue weighted by molar-refractivity contribution is 0.370. The molecule has 2 heteroatoms. The second kappa shape index (κ2) is 2.76. The van der Waals surface area contributed by atoms with Crippen molar-refractivity contribution in [3.8, 4) is 0 Å². The van der Waals surface area contributed by atoms with Gasteiger partial charge in [-0.25, -0.2) is 0 Å². The number of nitrogens with zero attached hydrogens (tertiary/aromatic N) is 1. The Morgan fingerprint density at radius 2 is 2.67 bits per heavy atom. The van der Waals surface area contributed by atoms with E-state index < -0.39 is 0 Å². The molecule has 9 heavy (non-hydrogen) atoms. The summed E-state index contributed by atoms with van der Waals surface area (Å²) in [7, 11) is 0. The zero-order valence-electron chi connectivity index (χ0n) is 5.85. The molecule has 1 heterocycles. The average molecular weight is 125 g/mol. The smallest absolute Gasteiger partial charge is 0.0869 e. The highest BCUT2D eigenvalue weighted by molar-refractivity contribution is 5.01. The first-order valence-corrected chi connectivity index (χ1v) is 3.29. The Labute approximate surface area is 56.5 Å². The standard InChI is InChI=1S/C7H13N2/c1-3-4-9-6-8-5-7(9)2/h5,8H,1,3-4,6H2,2H3. The molecule has 0 unspecified atom stereocenters. The minimum absolute atomic E-state index is 0.960. The van der Waals surface area contributed by atoms with Gasteiger partial charge in [-0.05, 0) is 13.3 Å². The predicted molar refractivity (Wildman–Crippen MR) is 38.4 cm³/mol. The van der Waals surface area contributed by atoms with E-state index in [1.54, 1.807) is 0 Å². The van der Waals surface area contributed by atoms with Gasteiger partial charge in [-0.15, -0.1) is 0 Å². The molecule has 0 spiro atoms. The first-order valence-electron chi connectivity index (χ1n) is 3.29. The summed E-state index contributed by atoms with van der Waals surface area (Å²) in [5.74, 6) is 0. The van der Waals surface area contributed by atoms with Crippen molar-refractivity contribution in [1.29, 1.82) is 0 Å². The van der Waals surface area contributed by atoms with E-state index in [0.29, 0.717) is 0 Å². The largest absolute Gasteiger partial charge is 0.372 e. The van der Waals surface area contributed by atoms with Crippen molar-refractivity contribution >= 4 is 0 Å². The first-order chi connectivity index (χ1) is 4.34. The Morgan fingerprint density at radius 1 is 1.89 bits per heavy atom. The summed E-state index contributed by atoms with van der Waals surface area (Å²) >= 11 is 0. The van der Waals surface area contributed by atoms with Crippen LogP contribution in [0.4, 0.5) is 0 Å². The molecule has 0 fully saturated rings. The van der Waals surface area contributed by atoms with Crippen LogP contribution in [0.5, 0.6) is 0 Å². The van der Waals surface area contributed by atoms with Gasteiger partial charge < -0.3 is 10.2 Å². The molecule has 1 rings (SSSR count). The first kappa shape index (κ1) is 6.46. The predicted octanol–water partition coefficient (Wildman–Crippen LogP) is 0.935. The summed E-state index contributed by atoms with van der Waals surface area (Å²) in [5.41, 5.74) is 1.32. The summed E-state index contributed by atoms with van der Waals surface area (Å²) in [6.07, 6.45) is 3.02. The van der Waals surface area contributed by atoms with E-state index in [4.69, 9.17) is 0 Å². The van der Waals surface area contributed by atoms with Crippen LogP contribution in [0.25, 0.3) is 0 Å². The molecule has 0 aromatic rings. The van der Waals surface area contributed by atoms with E-state index in [2.05, 4.69) is 24.1 Å². The van der Waals surface area contributed by atoms with Gasteiger partial charge in [0, 0.05) is 18.4 Å². The van der Waals surface area contributed by atoms with Gasteiger partial charge in [0.05, 0.1) is 6.67 Å². The van der Waals surface area contributed by atoms with Crippen LogP contribution in [0.15, 0.2) is 11.9 Å². The van der Waals surface area contributed by atoms with Crippen LogP contribution in [0, 0.1) is 6.92 Å². The van der Waals surface area contributed by atoms with Gasteiger partial charge in [-0.1, -0.05) is 6.92 Å². The molecule has 0 saturated carbocycles. The Morgan fingerprint density at radius 3 is 3.11 bits per heavy atom. The Kier molecular flexibility index (Phi) is 1.98. The van der Waals surface area contributed by atoms with Gasteiger partial charge in [0.25, 0.3) is 0 Å². The van der Waals surface area contributed by atoms with Crippen LogP contribution < -0.4 is 5.32 Å². The van der Waals surface area contributed by atoms with Crippen LogP contribution in [-0.4, -0.2) is 18.1 Å². The molecule has 0 aromatic heterocycles. The molecular weight excluding hydrogens is 112 g/mol. The van der Waals surface area contributed by atoms with Crippen molar-refractivity contribution in [3.63, 3.8) is 0 Å². The lowest BCUT2D eigenvalue weighted by atomic mass is 10.4. The molecule has 1 radical (unpaired) electrons. The molecule has 0 aromatic carbocycles. The molecule has 2 nitrogen and oxygen atoms in total. The molecule has 0 amide bonds. The molecule has 1 aliphatic heterocycles. The Hall–Kier alpha value is -0.660. The second-order valence-corrected chi connectivity index (χ2v) is 2.26. The van der Waals surface area contributed by atoms with Crippen molar-refractivity contribution in [2.45, 2.75) is 13.3 Å². The summed E-state index contributed by atoms with van der Waals surface area (Å²) < 4.78 is 0. The maximum absolute atomic E-state index is 3.79. The molecule has 0 bridgehead atoms. The lowest BCUT2D eigenvalue weighted by Crippen LogP contribution is -2.23. The minimum Gasteiger partial charge on any atom is -0.372 e. The van der Waals surface area contributed by atoms with Crippen LogP contribution >= 0.6 is 0 Å². The maximum atomic E-state index is 3.79. The maximum Gasteiger partial charge on any atom is 0.0869 e. The number of rotatable bonds is 2. The quantitative estimate of drug-likeness (QED) is 0.590. The topological polar surface area (TPSA) is 15.3 Å². The molecule has 0 saturated heterocycles. The van der Waals surface area contributed by atoms with Crippen LogP contribution in [0.2, 0.25) is 0 Å². The van der Waals surface area contributed by atoms with E-state index in [9.17, 15) is 0 Å². The number of hydrogen-bond donors (Lipinski definition) is 1. The van der Waals surface area contributed by atoms with E-state index in [1.807, 2.05) is 6.20 Å². The molecule has 0 aliphatic carbocycles. The van der Waals surface area contributed by atoms with E-state index in [1.165, 1.54) is 5.70 Å². The molecule has 1 N–H and O–H groups in total. The zero-order chi connectivity index (χ0) is 6.69. The number of hydrogen-bond acceptors (Lipinski definition) is 2. The molecule has 0 atom stereocenters. The van der Waals surface area contributed by atoms with Crippen LogP contribution in [0.1, 0.15) is 13.3 Å². The third kappa shape index (κ3) is 1.37. The van der Waals surface area contributed by atoms with Crippen molar-refractivity contribution in [2.75, 3.05) is 13.2 Å². The normalized spacial score (nSPS) is 17.6. The lowest BCUT2D eigenvalue weighted by Gasteiger charge is -2.16. The van der Waals surface area contributed by atoms with Crippen LogP contribution in [0.3, 0.4) is 0 Å². The fourth-order valence-electron chi connectivity index (χ4n) is 0.966. The van der Waals surface area contributed by atoms with E-state index >= 15 is 0 Å². The summed E-state index contributed by atoms with van der Waals surface area (Å²) in [6.45, 7) is 7.92. The van der Waals surface area contributed by atoms with Crippen molar-refractivity contribution in [3.05, 3.63) is 18.8 Å². The van der Waals surface area contributed by atoms with Gasteiger partial charge in [0.2, 0.25) is 0 Å². The van der Waals surface area contributed by atoms with Gasteiger partial charge in [0.1, 0.15) is 0 Å². The highest BCUT2D eigenvalue weighted by Gasteiger charge is 2.06. The van der Waals surface area contributed by atoms with Crippen molar-refractivity contribution < 1.29 is 0 Å². The van der Waals surface area contributed by atoms with Gasteiger partial charge in [-0.3, -0.25) is 0 Å². The van der Waals surface area contributed by atoms with E-state index in [-0.39, 0.29) is 0 Å². The third-order valence-corrected chi connectivity index (χ3v) is 1.52. The van der Waals surface area contributed by atoms with Gasteiger partial charge in [-0.2, -0.15) is 0 Å². The van der Waals surface area contributed by atoms with E-state index in [0.717, 1.165) is 19.6 Å². The summed E-state index contributed by atoms with van der Waals surface area (Å²) in [5, 5.41) is 3.14. The van der Waals surface area contributed by atoms with Gasteiger partial charge >= 0.3 is 0 Å². The summed E-state index contributed by atoms with van der Waals surface area (Å²) in [4.78, 5) is 2.27.